The molecule has 10 nitrogen and oxygen atoms in total. The van der Waals surface area contributed by atoms with Crippen LogP contribution in [-0.4, -0.2) is 77.5 Å². The van der Waals surface area contributed by atoms with Gasteiger partial charge in [-0.3, -0.25) is 14.4 Å². The molecule has 1 unspecified atom stereocenters. The molecule has 6 rings (SSSR count). The first-order chi connectivity index (χ1) is 20.2. The summed E-state index contributed by atoms with van der Waals surface area (Å²) >= 11 is 1.32. The lowest BCUT2D eigenvalue weighted by atomic mass is 9.80. The second-order valence-corrected chi connectivity index (χ2v) is 14.6. The van der Waals surface area contributed by atoms with Gasteiger partial charge < -0.3 is 16.0 Å². The van der Waals surface area contributed by atoms with Crippen LogP contribution in [0.1, 0.15) is 53.9 Å². The number of carbonyl (C=O) groups excluding carboxylic acids is 3. The van der Waals surface area contributed by atoms with E-state index in [4.69, 9.17) is 5.73 Å². The Kier molecular flexibility index (Phi) is 8.14. The number of aromatic nitrogens is 1. The zero-order valence-electron chi connectivity index (χ0n) is 23.2. The van der Waals surface area contributed by atoms with Gasteiger partial charge in [0.25, 0.3) is 0 Å². The van der Waals surface area contributed by atoms with Crippen molar-refractivity contribution >= 4 is 49.2 Å². The van der Waals surface area contributed by atoms with Crippen LogP contribution in [0.5, 0.6) is 0 Å². The zero-order chi connectivity index (χ0) is 29.4. The van der Waals surface area contributed by atoms with E-state index < -0.39 is 34.1 Å². The number of piperazine rings is 1. The quantitative estimate of drug-likeness (QED) is 0.374. The maximum atomic E-state index is 13.8. The lowest BCUT2D eigenvalue weighted by Gasteiger charge is -2.39. The monoisotopic (exact) mass is 609 g/mol. The molecular formula is C30H35N5O5S2. The van der Waals surface area contributed by atoms with Gasteiger partial charge in [0, 0.05) is 18.6 Å². The van der Waals surface area contributed by atoms with Gasteiger partial charge in [0.05, 0.1) is 28.6 Å². The first-order valence-corrected chi connectivity index (χ1v) is 16.9. The highest BCUT2D eigenvalue weighted by Crippen LogP contribution is 2.33. The summed E-state index contributed by atoms with van der Waals surface area (Å²) in [6.45, 7) is -0.150. The topological polar surface area (TPSA) is 143 Å². The molecule has 2 saturated heterocycles. The molecule has 1 aliphatic carbocycles. The Labute approximate surface area is 249 Å². The van der Waals surface area contributed by atoms with Crippen LogP contribution < -0.4 is 11.1 Å². The predicted molar refractivity (Wildman–Crippen MR) is 160 cm³/mol. The normalized spacial score (nSPS) is 25.7. The van der Waals surface area contributed by atoms with E-state index in [9.17, 15) is 22.8 Å². The average molecular weight is 610 g/mol. The molecule has 3 aromatic rings. The van der Waals surface area contributed by atoms with E-state index in [1.54, 1.807) is 29.2 Å². The van der Waals surface area contributed by atoms with Crippen molar-refractivity contribution < 1.29 is 22.8 Å². The Morgan fingerprint density at radius 3 is 2.45 bits per heavy atom. The van der Waals surface area contributed by atoms with Crippen molar-refractivity contribution in [3.05, 3.63) is 65.2 Å². The summed E-state index contributed by atoms with van der Waals surface area (Å²) < 4.78 is 28.4. The van der Waals surface area contributed by atoms with Gasteiger partial charge in [-0.1, -0.05) is 42.5 Å². The fraction of sp³-hybridized carbons (Fsp3) is 0.467. The third-order valence-corrected chi connectivity index (χ3v) is 11.6. The van der Waals surface area contributed by atoms with Crippen molar-refractivity contribution in [2.75, 3.05) is 13.1 Å². The summed E-state index contributed by atoms with van der Waals surface area (Å²) in [6.07, 6.45) is 3.89. The van der Waals surface area contributed by atoms with Crippen molar-refractivity contribution in [2.45, 2.75) is 68.4 Å². The summed E-state index contributed by atoms with van der Waals surface area (Å²) in [5.41, 5.74) is 7.53. The van der Waals surface area contributed by atoms with Gasteiger partial charge in [0.2, 0.25) is 27.6 Å². The molecule has 2 aromatic carbocycles. The number of Topliss-reactive ketones (excluding diaryl/α,β-unsaturated/α-hetero) is 1. The Bertz CT molecular complexity index is 1550. The number of amides is 2. The van der Waals surface area contributed by atoms with Crippen molar-refractivity contribution in [1.29, 1.82) is 0 Å². The van der Waals surface area contributed by atoms with Gasteiger partial charge in [0.15, 0.2) is 5.01 Å². The Morgan fingerprint density at radius 1 is 1.00 bits per heavy atom. The lowest BCUT2D eigenvalue weighted by molar-refractivity contribution is -0.143. The highest BCUT2D eigenvalue weighted by atomic mass is 32.2. The van der Waals surface area contributed by atoms with Crippen LogP contribution in [-0.2, 0) is 25.4 Å². The van der Waals surface area contributed by atoms with E-state index in [0.717, 1.165) is 23.1 Å². The molecule has 3 heterocycles. The van der Waals surface area contributed by atoms with Gasteiger partial charge in [-0.05, 0) is 62.1 Å². The minimum absolute atomic E-state index is 0.0813. The Hall–Kier alpha value is -3.19. The van der Waals surface area contributed by atoms with Gasteiger partial charge in [0.1, 0.15) is 6.04 Å². The molecule has 3 fully saturated rings. The molecule has 2 aliphatic heterocycles. The number of nitrogens with zero attached hydrogens (tertiary/aromatic N) is 3. The lowest BCUT2D eigenvalue weighted by Crippen LogP contribution is -2.61. The van der Waals surface area contributed by atoms with Gasteiger partial charge in [-0.2, -0.15) is 4.31 Å². The van der Waals surface area contributed by atoms with Crippen LogP contribution in [0, 0.1) is 5.92 Å². The number of hydrogen-bond donors (Lipinski definition) is 2. The number of hydrogen-bond acceptors (Lipinski definition) is 8. The third kappa shape index (κ3) is 5.85. The standard InChI is InChI=1S/C30H35N5O5S2/c31-21-12-10-20(11-13-21)27(28(37)30-32-23-8-4-5-9-25(23)41-30)33-29(38)24-15-14-22-16-34(17-26(36)35(22)24)42(39,40)18-19-6-2-1-3-7-19/h1-9,20-22,24,27H,10-18,31H2,(H,33,38)/t20?,21?,22-,24-,27?/m0/s1. The number of fused-ring (bicyclic) bond motifs is 2. The molecule has 12 heteroatoms. The largest absolute Gasteiger partial charge is 0.344 e. The second kappa shape index (κ2) is 11.8. The average Bonchev–Trinajstić information content (AvgIpc) is 3.61. The molecule has 3 N–H and O–H groups in total. The van der Waals surface area contributed by atoms with Crippen LogP contribution in [0.15, 0.2) is 54.6 Å². The zero-order valence-corrected chi connectivity index (χ0v) is 24.9. The maximum Gasteiger partial charge on any atom is 0.243 e. The van der Waals surface area contributed by atoms with Crippen LogP contribution in [0.4, 0.5) is 0 Å². The molecular weight excluding hydrogens is 574 g/mol. The van der Waals surface area contributed by atoms with Gasteiger partial charge >= 0.3 is 0 Å². The molecule has 222 valence electrons. The van der Waals surface area contributed by atoms with Crippen LogP contribution in [0.2, 0.25) is 0 Å². The van der Waals surface area contributed by atoms with E-state index in [1.165, 1.54) is 15.6 Å². The highest BCUT2D eigenvalue weighted by Gasteiger charge is 2.48. The van der Waals surface area contributed by atoms with Crippen molar-refractivity contribution in [3.63, 3.8) is 0 Å². The van der Waals surface area contributed by atoms with Gasteiger partial charge in [-0.25, -0.2) is 13.4 Å². The molecule has 2 amide bonds. The molecule has 42 heavy (non-hydrogen) atoms. The van der Waals surface area contributed by atoms with Crippen LogP contribution in [0.3, 0.4) is 0 Å². The number of carbonyl (C=O) groups is 3. The molecule has 1 aromatic heterocycles. The van der Waals surface area contributed by atoms with Crippen LogP contribution in [0.25, 0.3) is 10.2 Å². The Morgan fingerprint density at radius 2 is 1.71 bits per heavy atom. The second-order valence-electron chi connectivity index (χ2n) is 11.6. The first-order valence-electron chi connectivity index (χ1n) is 14.5. The minimum Gasteiger partial charge on any atom is -0.344 e. The molecule has 0 spiro atoms. The SMILES string of the molecule is NC1CCC(C(NC(=O)[C@@H]2CC[C@H]3CN(S(=O)(=O)Cc4ccccc4)CC(=O)N32)C(=O)c2nc3ccccc3s2)CC1. The van der Waals surface area contributed by atoms with Crippen molar-refractivity contribution in [1.82, 2.24) is 19.5 Å². The van der Waals surface area contributed by atoms with E-state index in [-0.39, 0.29) is 42.5 Å². The van der Waals surface area contributed by atoms with Gasteiger partial charge in [-0.15, -0.1) is 11.3 Å². The smallest absolute Gasteiger partial charge is 0.243 e. The predicted octanol–water partition coefficient (Wildman–Crippen LogP) is 2.69. The number of nitrogens with one attached hydrogen (secondary N) is 1. The highest BCUT2D eigenvalue weighted by molar-refractivity contribution is 7.88. The van der Waals surface area contributed by atoms with Crippen LogP contribution >= 0.6 is 11.3 Å². The number of nitrogens with two attached hydrogens (primary N) is 1. The van der Waals surface area contributed by atoms with Crippen molar-refractivity contribution in [2.24, 2.45) is 11.7 Å². The van der Waals surface area contributed by atoms with E-state index in [1.807, 2.05) is 30.3 Å². The maximum absolute atomic E-state index is 13.8. The minimum atomic E-state index is -3.71. The van der Waals surface area contributed by atoms with E-state index in [2.05, 4.69) is 10.3 Å². The molecule has 0 bridgehead atoms. The molecule has 1 saturated carbocycles. The van der Waals surface area contributed by atoms with Crippen molar-refractivity contribution in [3.8, 4) is 0 Å². The van der Waals surface area contributed by atoms with E-state index in [0.29, 0.717) is 36.3 Å². The summed E-state index contributed by atoms with van der Waals surface area (Å²) in [4.78, 5) is 47.0. The number of rotatable bonds is 8. The first kappa shape index (κ1) is 28.9. The number of para-hydroxylation sites is 1. The summed E-state index contributed by atoms with van der Waals surface area (Å²) in [5, 5.41) is 3.38. The number of thiazole rings is 1. The summed E-state index contributed by atoms with van der Waals surface area (Å²) in [6, 6.07) is 14.6. The number of ketones is 1. The number of benzene rings is 2. The third-order valence-electron chi connectivity index (χ3n) is 8.78. The fourth-order valence-corrected chi connectivity index (χ4v) is 9.00. The molecule has 3 atom stereocenters. The summed E-state index contributed by atoms with van der Waals surface area (Å²) in [5.74, 6) is -1.25. The molecule has 3 aliphatic rings. The number of sulfonamides is 1. The fourth-order valence-electron chi connectivity index (χ4n) is 6.55. The van der Waals surface area contributed by atoms with E-state index >= 15 is 0 Å². The Balaban J connectivity index is 1.18. The molecule has 0 radical (unpaired) electrons. The summed E-state index contributed by atoms with van der Waals surface area (Å²) in [7, 11) is -3.71.